The first-order valence-corrected chi connectivity index (χ1v) is 6.62. The van der Waals surface area contributed by atoms with Gasteiger partial charge in [-0.3, -0.25) is 0 Å². The minimum Gasteiger partial charge on any atom is -0.370 e. The predicted octanol–water partition coefficient (Wildman–Crippen LogP) is 2.56. The molecule has 1 aromatic rings. The van der Waals surface area contributed by atoms with Gasteiger partial charge in [0, 0.05) is 12.6 Å². The maximum absolute atomic E-state index is 5.84. The highest BCUT2D eigenvalue weighted by Crippen LogP contribution is 2.48. The molecule has 2 saturated carbocycles. The third-order valence-electron chi connectivity index (χ3n) is 4.14. The molecule has 3 rings (SSSR count). The van der Waals surface area contributed by atoms with E-state index in [0.29, 0.717) is 5.15 Å². The summed E-state index contributed by atoms with van der Waals surface area (Å²) in [5.41, 5.74) is 5.56. The lowest BCUT2D eigenvalue weighted by atomic mass is 9.89. The molecule has 1 aromatic heterocycles. The van der Waals surface area contributed by atoms with Crippen molar-refractivity contribution in [3.8, 4) is 0 Å². The molecule has 0 aromatic carbocycles. The zero-order chi connectivity index (χ0) is 11.8. The fraction of sp³-hybridized carbons (Fsp3) is 0.667. The molecule has 2 bridgehead atoms. The highest BCUT2D eigenvalue weighted by molar-refractivity contribution is 6.29. The number of rotatable bonds is 3. The van der Waals surface area contributed by atoms with E-state index >= 15 is 0 Å². The van der Waals surface area contributed by atoms with Gasteiger partial charge in [0.25, 0.3) is 0 Å². The minimum absolute atomic E-state index is 0.230. The Kier molecular flexibility index (Phi) is 2.82. The molecule has 4 nitrogen and oxygen atoms in total. The summed E-state index contributed by atoms with van der Waals surface area (Å²) in [6, 6.07) is 1.73. The van der Waals surface area contributed by atoms with Crippen molar-refractivity contribution < 1.29 is 0 Å². The maximum Gasteiger partial charge on any atom is 0.223 e. The van der Waals surface area contributed by atoms with Crippen molar-refractivity contribution in [2.45, 2.75) is 25.7 Å². The van der Waals surface area contributed by atoms with Gasteiger partial charge in [-0.05, 0) is 37.0 Å². The molecule has 3 atom stereocenters. The normalized spacial score (nSPS) is 30.8. The van der Waals surface area contributed by atoms with Crippen molar-refractivity contribution in [1.82, 2.24) is 9.97 Å². The van der Waals surface area contributed by atoms with Gasteiger partial charge < -0.3 is 11.1 Å². The summed E-state index contributed by atoms with van der Waals surface area (Å²) in [6.45, 7) is 0.980. The van der Waals surface area contributed by atoms with Crippen molar-refractivity contribution in [2.75, 3.05) is 17.6 Å². The zero-order valence-electron chi connectivity index (χ0n) is 9.69. The molecule has 0 spiro atoms. The summed E-state index contributed by atoms with van der Waals surface area (Å²) in [4.78, 5) is 7.97. The number of nitrogens with zero attached hydrogens (tertiary/aromatic N) is 2. The Morgan fingerprint density at radius 3 is 2.88 bits per heavy atom. The maximum atomic E-state index is 5.84. The first kappa shape index (κ1) is 11.1. The summed E-state index contributed by atoms with van der Waals surface area (Å²) in [5.74, 6) is 3.66. The van der Waals surface area contributed by atoms with Crippen LogP contribution >= 0.6 is 11.6 Å². The zero-order valence-corrected chi connectivity index (χ0v) is 10.5. The molecule has 0 saturated heterocycles. The molecule has 0 amide bonds. The highest BCUT2D eigenvalue weighted by Gasteiger charge is 2.39. The minimum atomic E-state index is 0.230. The summed E-state index contributed by atoms with van der Waals surface area (Å²) in [7, 11) is 0. The van der Waals surface area contributed by atoms with Gasteiger partial charge in [-0.25, -0.2) is 4.98 Å². The topological polar surface area (TPSA) is 63.8 Å². The van der Waals surface area contributed by atoms with Crippen LogP contribution in [0.3, 0.4) is 0 Å². The third-order valence-corrected chi connectivity index (χ3v) is 4.34. The molecule has 2 aliphatic rings. The van der Waals surface area contributed by atoms with Gasteiger partial charge in [-0.2, -0.15) is 4.98 Å². The predicted molar refractivity (Wildman–Crippen MR) is 68.9 cm³/mol. The second-order valence-electron chi connectivity index (χ2n) is 5.25. The van der Waals surface area contributed by atoms with Crippen LogP contribution in [0.1, 0.15) is 25.7 Å². The van der Waals surface area contributed by atoms with Gasteiger partial charge in [0.1, 0.15) is 11.0 Å². The Morgan fingerprint density at radius 2 is 2.24 bits per heavy atom. The van der Waals surface area contributed by atoms with Crippen molar-refractivity contribution >= 4 is 23.4 Å². The lowest BCUT2D eigenvalue weighted by molar-refractivity contribution is 0.348. The van der Waals surface area contributed by atoms with Gasteiger partial charge >= 0.3 is 0 Å². The van der Waals surface area contributed by atoms with Crippen LogP contribution < -0.4 is 11.1 Å². The second-order valence-corrected chi connectivity index (χ2v) is 5.64. The van der Waals surface area contributed by atoms with E-state index in [4.69, 9.17) is 17.3 Å². The SMILES string of the molecule is Nc1nc(Cl)cc(NCC2CC3CCC2C3)n1. The van der Waals surface area contributed by atoms with Crippen LogP contribution in [0.15, 0.2) is 6.07 Å². The number of nitrogens with one attached hydrogen (secondary N) is 1. The molecule has 92 valence electrons. The van der Waals surface area contributed by atoms with E-state index in [0.717, 1.165) is 30.1 Å². The number of hydrogen-bond acceptors (Lipinski definition) is 4. The lowest BCUT2D eigenvalue weighted by Gasteiger charge is -2.22. The summed E-state index contributed by atoms with van der Waals surface area (Å²) in [5, 5.41) is 3.73. The number of anilines is 2. The first-order chi connectivity index (χ1) is 8.20. The molecule has 0 radical (unpaired) electrons. The van der Waals surface area contributed by atoms with Crippen molar-refractivity contribution in [3.63, 3.8) is 0 Å². The number of fused-ring (bicyclic) bond motifs is 2. The van der Waals surface area contributed by atoms with Gasteiger partial charge in [0.15, 0.2) is 0 Å². The Bertz CT molecular complexity index is 403. The van der Waals surface area contributed by atoms with E-state index in [1.807, 2.05) is 0 Å². The molecular formula is C12H17ClN4. The van der Waals surface area contributed by atoms with Crippen LogP contribution in [0.5, 0.6) is 0 Å². The second kappa shape index (κ2) is 4.33. The Hall–Kier alpha value is -1.03. The summed E-state index contributed by atoms with van der Waals surface area (Å²) in [6.07, 6.45) is 5.64. The average Bonchev–Trinajstić information content (AvgIpc) is 2.86. The van der Waals surface area contributed by atoms with Crippen molar-refractivity contribution in [1.29, 1.82) is 0 Å². The Balaban J connectivity index is 1.60. The first-order valence-electron chi connectivity index (χ1n) is 6.24. The van der Waals surface area contributed by atoms with Crippen LogP contribution in [0.25, 0.3) is 0 Å². The van der Waals surface area contributed by atoms with E-state index in [1.54, 1.807) is 6.07 Å². The van der Waals surface area contributed by atoms with Gasteiger partial charge in [0.05, 0.1) is 0 Å². The number of nitrogens with two attached hydrogens (primary N) is 1. The number of halogens is 1. The monoisotopic (exact) mass is 252 g/mol. The Labute approximate surface area is 106 Å². The summed E-state index contributed by atoms with van der Waals surface area (Å²) >= 11 is 5.84. The smallest absolute Gasteiger partial charge is 0.223 e. The van der Waals surface area contributed by atoms with Crippen molar-refractivity contribution in [2.24, 2.45) is 17.8 Å². The van der Waals surface area contributed by atoms with E-state index < -0.39 is 0 Å². The molecule has 2 fully saturated rings. The molecule has 5 heteroatoms. The number of hydrogen-bond donors (Lipinski definition) is 2. The van der Waals surface area contributed by atoms with Gasteiger partial charge in [-0.1, -0.05) is 18.0 Å². The van der Waals surface area contributed by atoms with Crippen LogP contribution in [0.4, 0.5) is 11.8 Å². The van der Waals surface area contributed by atoms with E-state index in [-0.39, 0.29) is 5.95 Å². The Morgan fingerprint density at radius 1 is 1.35 bits per heavy atom. The fourth-order valence-electron chi connectivity index (χ4n) is 3.39. The quantitative estimate of drug-likeness (QED) is 0.812. The molecule has 2 aliphatic carbocycles. The standard InChI is InChI=1S/C12H17ClN4/c13-10-5-11(17-12(14)16-10)15-6-9-4-7-1-2-8(9)3-7/h5,7-9H,1-4,6H2,(H3,14,15,16,17). The molecule has 3 N–H and O–H groups in total. The van der Waals surface area contributed by atoms with Crippen LogP contribution in [-0.4, -0.2) is 16.5 Å². The van der Waals surface area contributed by atoms with Gasteiger partial charge in [0.2, 0.25) is 5.95 Å². The highest BCUT2D eigenvalue weighted by atomic mass is 35.5. The summed E-state index contributed by atoms with van der Waals surface area (Å²) < 4.78 is 0. The van der Waals surface area contributed by atoms with Crippen LogP contribution in [0, 0.1) is 17.8 Å². The molecule has 1 heterocycles. The largest absolute Gasteiger partial charge is 0.370 e. The molecule has 17 heavy (non-hydrogen) atoms. The van der Waals surface area contributed by atoms with E-state index in [1.165, 1.54) is 25.7 Å². The van der Waals surface area contributed by atoms with Crippen molar-refractivity contribution in [3.05, 3.63) is 11.2 Å². The van der Waals surface area contributed by atoms with Gasteiger partial charge in [-0.15, -0.1) is 0 Å². The van der Waals surface area contributed by atoms with Crippen LogP contribution in [0.2, 0.25) is 5.15 Å². The average molecular weight is 253 g/mol. The molecule has 0 aliphatic heterocycles. The molecular weight excluding hydrogens is 236 g/mol. The third kappa shape index (κ3) is 2.32. The van der Waals surface area contributed by atoms with E-state index in [9.17, 15) is 0 Å². The van der Waals surface area contributed by atoms with Crippen LogP contribution in [-0.2, 0) is 0 Å². The number of aromatic nitrogens is 2. The van der Waals surface area contributed by atoms with E-state index in [2.05, 4.69) is 15.3 Å². The fourth-order valence-corrected chi connectivity index (χ4v) is 3.58. The molecule has 3 unspecified atom stereocenters. The number of nitrogen functional groups attached to an aromatic ring is 1. The lowest BCUT2D eigenvalue weighted by Crippen LogP contribution is -2.20.